The van der Waals surface area contributed by atoms with Crippen molar-refractivity contribution in [2.45, 2.75) is 38.8 Å². The van der Waals surface area contributed by atoms with E-state index in [9.17, 15) is 14.7 Å². The van der Waals surface area contributed by atoms with Gasteiger partial charge in [0.25, 0.3) is 11.7 Å². The van der Waals surface area contributed by atoms with Crippen molar-refractivity contribution in [3.8, 4) is 5.75 Å². The number of fused-ring (bicyclic) bond motifs is 1. The van der Waals surface area contributed by atoms with Gasteiger partial charge >= 0.3 is 0 Å². The average Bonchev–Trinajstić information content (AvgIpc) is 3.17. The third kappa shape index (κ3) is 4.56. The van der Waals surface area contributed by atoms with Crippen LogP contribution in [0.3, 0.4) is 0 Å². The largest absolute Gasteiger partial charge is 0.507 e. The second kappa shape index (κ2) is 9.82. The normalized spacial score (nSPS) is 17.3. The Labute approximate surface area is 223 Å². The highest BCUT2D eigenvalue weighted by Crippen LogP contribution is 2.42. The molecule has 1 aliphatic rings. The predicted molar refractivity (Wildman–Crippen MR) is 150 cm³/mol. The molecule has 4 aromatic carbocycles. The van der Waals surface area contributed by atoms with Crippen LogP contribution in [-0.4, -0.2) is 28.8 Å². The van der Waals surface area contributed by atoms with E-state index in [-0.39, 0.29) is 23.3 Å². The smallest absolute Gasteiger partial charge is 0.295 e. The van der Waals surface area contributed by atoms with E-state index in [1.165, 1.54) is 0 Å². The first-order chi connectivity index (χ1) is 18.2. The standard InChI is InChI=1S/C33H31NO4/c1-33(2,3)24-16-14-23(15-17-24)29-28(30(35)27-11-7-9-22-8-5-6-10-26(22)27)31(36)32(37)34(29)20-21-12-18-25(38-4)19-13-21/h5-19,29,35H,20H2,1-4H3/b30-28-. The highest BCUT2D eigenvalue weighted by molar-refractivity contribution is 6.46. The Bertz CT molecular complexity index is 1540. The number of hydrogen-bond acceptors (Lipinski definition) is 4. The van der Waals surface area contributed by atoms with Crippen molar-refractivity contribution >= 4 is 28.2 Å². The van der Waals surface area contributed by atoms with Crippen LogP contribution in [0.4, 0.5) is 0 Å². The lowest BCUT2D eigenvalue weighted by atomic mass is 9.85. The number of aliphatic hydroxyl groups excluding tert-OH is 1. The van der Waals surface area contributed by atoms with Crippen LogP contribution in [0.1, 0.15) is 49.1 Å². The first kappa shape index (κ1) is 25.3. The molecule has 1 saturated heterocycles. The van der Waals surface area contributed by atoms with Gasteiger partial charge in [0.15, 0.2) is 0 Å². The molecular weight excluding hydrogens is 474 g/mol. The molecule has 5 rings (SSSR count). The summed E-state index contributed by atoms with van der Waals surface area (Å²) in [7, 11) is 1.60. The molecule has 1 unspecified atom stereocenters. The van der Waals surface area contributed by atoms with E-state index in [1.807, 2.05) is 84.9 Å². The van der Waals surface area contributed by atoms with Crippen molar-refractivity contribution < 1.29 is 19.4 Å². The second-order valence-corrected chi connectivity index (χ2v) is 10.7. The van der Waals surface area contributed by atoms with Gasteiger partial charge in [-0.3, -0.25) is 9.59 Å². The van der Waals surface area contributed by atoms with Gasteiger partial charge in [0, 0.05) is 12.1 Å². The maximum absolute atomic E-state index is 13.5. The van der Waals surface area contributed by atoms with Crippen molar-refractivity contribution in [1.29, 1.82) is 0 Å². The molecule has 1 heterocycles. The molecule has 1 aliphatic heterocycles. The lowest BCUT2D eigenvalue weighted by molar-refractivity contribution is -0.140. The summed E-state index contributed by atoms with van der Waals surface area (Å²) in [6.45, 7) is 6.63. The first-order valence-corrected chi connectivity index (χ1v) is 12.7. The molecule has 5 nitrogen and oxygen atoms in total. The van der Waals surface area contributed by atoms with E-state index in [4.69, 9.17) is 4.74 Å². The average molecular weight is 506 g/mol. The van der Waals surface area contributed by atoms with Crippen molar-refractivity contribution in [2.24, 2.45) is 0 Å². The van der Waals surface area contributed by atoms with Gasteiger partial charge in [0.2, 0.25) is 0 Å². The minimum absolute atomic E-state index is 0.0492. The maximum Gasteiger partial charge on any atom is 0.295 e. The summed E-state index contributed by atoms with van der Waals surface area (Å²) in [6, 6.07) is 27.9. The van der Waals surface area contributed by atoms with Crippen LogP contribution >= 0.6 is 0 Å². The summed E-state index contributed by atoms with van der Waals surface area (Å²) in [5, 5.41) is 13.4. The lowest BCUT2D eigenvalue weighted by Crippen LogP contribution is -2.29. The zero-order valence-electron chi connectivity index (χ0n) is 22.1. The van der Waals surface area contributed by atoms with Crippen LogP contribution in [-0.2, 0) is 21.5 Å². The monoisotopic (exact) mass is 505 g/mol. The zero-order chi connectivity index (χ0) is 27.0. The van der Waals surface area contributed by atoms with E-state index < -0.39 is 17.7 Å². The summed E-state index contributed by atoms with van der Waals surface area (Å²) < 4.78 is 5.26. The quantitative estimate of drug-likeness (QED) is 0.185. The number of rotatable bonds is 5. The Balaban J connectivity index is 1.67. The number of methoxy groups -OCH3 is 1. The molecule has 192 valence electrons. The van der Waals surface area contributed by atoms with Crippen molar-refractivity contribution in [2.75, 3.05) is 7.11 Å². The van der Waals surface area contributed by atoms with Gasteiger partial charge < -0.3 is 14.7 Å². The minimum atomic E-state index is -0.731. The van der Waals surface area contributed by atoms with Crippen molar-refractivity contribution in [3.63, 3.8) is 0 Å². The molecule has 1 fully saturated rings. The Morgan fingerprint density at radius 2 is 1.53 bits per heavy atom. The number of amides is 1. The molecule has 1 N–H and O–H groups in total. The molecule has 1 atom stereocenters. The number of benzene rings is 4. The topological polar surface area (TPSA) is 66.8 Å². The molecule has 0 spiro atoms. The molecular formula is C33H31NO4. The summed E-state index contributed by atoms with van der Waals surface area (Å²) in [5.41, 5.74) is 3.35. The van der Waals surface area contributed by atoms with E-state index in [2.05, 4.69) is 20.8 Å². The highest BCUT2D eigenvalue weighted by atomic mass is 16.5. The predicted octanol–water partition coefficient (Wildman–Crippen LogP) is 6.77. The molecule has 38 heavy (non-hydrogen) atoms. The second-order valence-electron chi connectivity index (χ2n) is 10.7. The number of carbonyl (C=O) groups excluding carboxylic acids is 2. The van der Waals surface area contributed by atoms with E-state index in [0.717, 1.165) is 27.5 Å². The SMILES string of the molecule is COc1ccc(CN2C(=O)C(=O)/C(=C(\O)c3cccc4ccccc34)C2c2ccc(C(C)(C)C)cc2)cc1. The summed E-state index contributed by atoms with van der Waals surface area (Å²) in [6.07, 6.45) is 0. The molecule has 0 saturated carbocycles. The third-order valence-corrected chi connectivity index (χ3v) is 7.19. The summed E-state index contributed by atoms with van der Waals surface area (Å²) >= 11 is 0. The van der Waals surface area contributed by atoms with Gasteiger partial charge in [0.05, 0.1) is 18.7 Å². The molecule has 0 aliphatic carbocycles. The van der Waals surface area contributed by atoms with Gasteiger partial charge in [-0.1, -0.05) is 99.6 Å². The summed E-state index contributed by atoms with van der Waals surface area (Å²) in [4.78, 5) is 28.5. The zero-order valence-corrected chi connectivity index (χ0v) is 22.1. The molecule has 0 radical (unpaired) electrons. The molecule has 0 bridgehead atoms. The lowest BCUT2D eigenvalue weighted by Gasteiger charge is -2.27. The van der Waals surface area contributed by atoms with E-state index in [1.54, 1.807) is 18.1 Å². The number of hydrogen-bond donors (Lipinski definition) is 1. The van der Waals surface area contributed by atoms with Crippen LogP contribution in [0.25, 0.3) is 16.5 Å². The summed E-state index contributed by atoms with van der Waals surface area (Å²) in [5.74, 6) is -0.773. The Hall–Kier alpha value is -4.38. The molecule has 0 aromatic heterocycles. The van der Waals surface area contributed by atoms with E-state index in [0.29, 0.717) is 11.3 Å². The van der Waals surface area contributed by atoms with Gasteiger partial charge in [-0.05, 0) is 45.0 Å². The number of Topliss-reactive ketones (excluding diaryl/α,β-unsaturated/α-hetero) is 1. The number of ether oxygens (including phenoxy) is 1. The van der Waals surface area contributed by atoms with Crippen molar-refractivity contribution in [1.82, 2.24) is 4.90 Å². The molecule has 5 heteroatoms. The van der Waals surface area contributed by atoms with Crippen LogP contribution in [0.15, 0.2) is 96.6 Å². The molecule has 1 amide bonds. The van der Waals surface area contributed by atoms with Gasteiger partial charge in [-0.25, -0.2) is 0 Å². The number of nitrogens with zero attached hydrogens (tertiary/aromatic N) is 1. The van der Waals surface area contributed by atoms with Crippen LogP contribution in [0, 0.1) is 0 Å². The Morgan fingerprint density at radius 3 is 2.18 bits per heavy atom. The third-order valence-electron chi connectivity index (χ3n) is 7.19. The Morgan fingerprint density at radius 1 is 0.868 bits per heavy atom. The van der Waals surface area contributed by atoms with E-state index >= 15 is 0 Å². The number of likely N-dealkylation sites (tertiary alicyclic amines) is 1. The maximum atomic E-state index is 13.5. The highest BCUT2D eigenvalue weighted by Gasteiger charge is 2.46. The number of aliphatic hydroxyl groups is 1. The fraction of sp³-hybridized carbons (Fsp3) is 0.212. The van der Waals surface area contributed by atoms with Gasteiger partial charge in [0.1, 0.15) is 11.5 Å². The minimum Gasteiger partial charge on any atom is -0.507 e. The fourth-order valence-electron chi connectivity index (χ4n) is 5.06. The van der Waals surface area contributed by atoms with Crippen LogP contribution in [0.5, 0.6) is 5.75 Å². The fourth-order valence-corrected chi connectivity index (χ4v) is 5.06. The van der Waals surface area contributed by atoms with Crippen LogP contribution < -0.4 is 4.74 Å². The van der Waals surface area contributed by atoms with Gasteiger partial charge in [-0.2, -0.15) is 0 Å². The number of ketones is 1. The van der Waals surface area contributed by atoms with Gasteiger partial charge in [-0.15, -0.1) is 0 Å². The van der Waals surface area contributed by atoms with Crippen LogP contribution in [0.2, 0.25) is 0 Å². The first-order valence-electron chi connectivity index (χ1n) is 12.7. The molecule has 4 aromatic rings. The van der Waals surface area contributed by atoms with Crippen molar-refractivity contribution in [3.05, 3.63) is 119 Å². The Kier molecular flexibility index (Phi) is 6.53. The number of carbonyl (C=O) groups is 2.